The van der Waals surface area contributed by atoms with Gasteiger partial charge in [0.2, 0.25) is 0 Å². The molecule has 0 aliphatic rings. The summed E-state index contributed by atoms with van der Waals surface area (Å²) in [7, 11) is 1.59. The van der Waals surface area contributed by atoms with Gasteiger partial charge in [-0.2, -0.15) is 0 Å². The van der Waals surface area contributed by atoms with Gasteiger partial charge in [-0.3, -0.25) is 0 Å². The van der Waals surface area contributed by atoms with Gasteiger partial charge in [0.15, 0.2) is 0 Å². The van der Waals surface area contributed by atoms with E-state index in [0.29, 0.717) is 11.5 Å². The Morgan fingerprint density at radius 2 is 2.08 bits per heavy atom. The first kappa shape index (κ1) is 8.59. The van der Waals surface area contributed by atoms with Gasteiger partial charge in [0.1, 0.15) is 5.75 Å². The molecular weight excluding hydrogens is 154 g/mol. The second-order valence-electron chi connectivity index (χ2n) is 2.39. The third kappa shape index (κ3) is 1.56. The van der Waals surface area contributed by atoms with E-state index in [1.165, 1.54) is 0 Å². The van der Waals surface area contributed by atoms with Gasteiger partial charge in [0.05, 0.1) is 12.8 Å². The van der Waals surface area contributed by atoms with Crippen LogP contribution >= 0.6 is 0 Å². The number of oxime groups is 1. The maximum Gasteiger partial charge on any atom is 0.128 e. The lowest BCUT2D eigenvalue weighted by atomic mass is 10.1. The molecule has 1 aromatic rings. The average molecular weight is 165 g/mol. The molecule has 3 nitrogen and oxygen atoms in total. The third-order valence-electron chi connectivity index (χ3n) is 1.65. The van der Waals surface area contributed by atoms with Crippen LogP contribution in [0.3, 0.4) is 0 Å². The molecule has 0 radical (unpaired) electrons. The molecule has 1 N–H and O–H groups in total. The van der Waals surface area contributed by atoms with Gasteiger partial charge >= 0.3 is 0 Å². The molecule has 0 fully saturated rings. The zero-order valence-electron chi connectivity index (χ0n) is 7.11. The van der Waals surface area contributed by atoms with Gasteiger partial charge in [0.25, 0.3) is 0 Å². The van der Waals surface area contributed by atoms with Gasteiger partial charge in [-0.25, -0.2) is 0 Å². The molecule has 12 heavy (non-hydrogen) atoms. The van der Waals surface area contributed by atoms with Crippen molar-refractivity contribution < 1.29 is 9.94 Å². The van der Waals surface area contributed by atoms with E-state index in [-0.39, 0.29) is 0 Å². The second kappa shape index (κ2) is 3.76. The monoisotopic (exact) mass is 165 g/mol. The maximum absolute atomic E-state index is 8.54. The van der Waals surface area contributed by atoms with Crippen LogP contribution in [0.1, 0.15) is 12.5 Å². The van der Waals surface area contributed by atoms with E-state index >= 15 is 0 Å². The number of hydrogen-bond donors (Lipinski definition) is 1. The molecule has 1 aromatic carbocycles. The third-order valence-corrected chi connectivity index (χ3v) is 1.65. The molecule has 0 aromatic heterocycles. The number of ether oxygens (including phenoxy) is 1. The predicted octanol–water partition coefficient (Wildman–Crippen LogP) is 1.89. The zero-order chi connectivity index (χ0) is 8.97. The Labute approximate surface area is 71.3 Å². The Bertz CT molecular complexity index is 294. The van der Waals surface area contributed by atoms with Crippen LogP contribution in [0.4, 0.5) is 0 Å². The first-order valence-electron chi connectivity index (χ1n) is 3.61. The molecule has 0 amide bonds. The Hall–Kier alpha value is -1.51. The quantitative estimate of drug-likeness (QED) is 0.413. The summed E-state index contributed by atoms with van der Waals surface area (Å²) in [6.07, 6.45) is 0. The van der Waals surface area contributed by atoms with E-state index < -0.39 is 0 Å². The molecule has 0 aliphatic heterocycles. The molecule has 3 heteroatoms. The topological polar surface area (TPSA) is 41.8 Å². The van der Waals surface area contributed by atoms with Gasteiger partial charge in [-0.05, 0) is 19.1 Å². The number of benzene rings is 1. The van der Waals surface area contributed by atoms with Crippen LogP contribution in [0.15, 0.2) is 29.4 Å². The lowest BCUT2D eigenvalue weighted by molar-refractivity contribution is 0.318. The van der Waals surface area contributed by atoms with Crippen LogP contribution in [0.25, 0.3) is 0 Å². The van der Waals surface area contributed by atoms with Crippen LogP contribution in [0.2, 0.25) is 0 Å². The molecular formula is C9H11NO2. The second-order valence-corrected chi connectivity index (χ2v) is 2.39. The van der Waals surface area contributed by atoms with Gasteiger partial charge in [0, 0.05) is 5.56 Å². The van der Waals surface area contributed by atoms with Crippen LogP contribution < -0.4 is 4.74 Å². The van der Waals surface area contributed by atoms with Crippen molar-refractivity contribution in [3.05, 3.63) is 29.8 Å². The molecule has 0 saturated heterocycles. The summed E-state index contributed by atoms with van der Waals surface area (Å²) in [5.41, 5.74) is 1.36. The highest BCUT2D eigenvalue weighted by Gasteiger charge is 2.03. The molecule has 0 heterocycles. The molecule has 0 bridgehead atoms. The van der Waals surface area contributed by atoms with Crippen LogP contribution in [-0.2, 0) is 0 Å². The number of nitrogens with zero attached hydrogens (tertiary/aromatic N) is 1. The molecule has 0 atom stereocenters. The number of hydrogen-bond acceptors (Lipinski definition) is 3. The number of para-hydroxylation sites is 1. The average Bonchev–Trinajstić information content (AvgIpc) is 2.16. The summed E-state index contributed by atoms with van der Waals surface area (Å²) in [6, 6.07) is 7.40. The number of methoxy groups -OCH3 is 1. The van der Waals surface area contributed by atoms with Crippen molar-refractivity contribution in [2.75, 3.05) is 7.11 Å². The van der Waals surface area contributed by atoms with E-state index in [1.807, 2.05) is 24.3 Å². The molecule has 64 valence electrons. The summed E-state index contributed by atoms with van der Waals surface area (Å²) >= 11 is 0. The Kier molecular flexibility index (Phi) is 2.69. The lowest BCUT2D eigenvalue weighted by Crippen LogP contribution is -1.98. The van der Waals surface area contributed by atoms with Crippen molar-refractivity contribution >= 4 is 5.71 Å². The smallest absolute Gasteiger partial charge is 0.128 e. The summed E-state index contributed by atoms with van der Waals surface area (Å²) in [4.78, 5) is 0. The fourth-order valence-electron chi connectivity index (χ4n) is 0.997. The van der Waals surface area contributed by atoms with Crippen molar-refractivity contribution in [3.8, 4) is 5.75 Å². The maximum atomic E-state index is 8.54. The summed E-state index contributed by atoms with van der Waals surface area (Å²) < 4.78 is 5.08. The SMILES string of the molecule is COc1ccccc1/C(C)=N\O. The fraction of sp³-hybridized carbons (Fsp3) is 0.222. The predicted molar refractivity (Wildman–Crippen MR) is 47.0 cm³/mol. The van der Waals surface area contributed by atoms with Crippen molar-refractivity contribution in [1.82, 2.24) is 0 Å². The Morgan fingerprint density at radius 3 is 2.67 bits per heavy atom. The zero-order valence-corrected chi connectivity index (χ0v) is 7.11. The minimum Gasteiger partial charge on any atom is -0.496 e. The highest BCUT2D eigenvalue weighted by atomic mass is 16.5. The van der Waals surface area contributed by atoms with E-state index in [4.69, 9.17) is 9.94 Å². The molecule has 0 saturated carbocycles. The minimum atomic E-state index is 0.549. The highest BCUT2D eigenvalue weighted by molar-refractivity contribution is 6.00. The van der Waals surface area contributed by atoms with Crippen molar-refractivity contribution in [2.24, 2.45) is 5.16 Å². The van der Waals surface area contributed by atoms with Crippen LogP contribution in [0, 0.1) is 0 Å². The van der Waals surface area contributed by atoms with Crippen LogP contribution in [-0.4, -0.2) is 18.0 Å². The summed E-state index contributed by atoms with van der Waals surface area (Å²) in [6.45, 7) is 1.72. The molecule has 0 unspecified atom stereocenters. The Morgan fingerprint density at radius 1 is 1.42 bits per heavy atom. The summed E-state index contributed by atoms with van der Waals surface area (Å²) in [5.74, 6) is 0.716. The van der Waals surface area contributed by atoms with Crippen molar-refractivity contribution in [3.63, 3.8) is 0 Å². The molecule has 1 rings (SSSR count). The summed E-state index contributed by atoms with van der Waals surface area (Å²) in [5, 5.41) is 11.6. The first-order valence-corrected chi connectivity index (χ1v) is 3.61. The molecule has 0 aliphatic carbocycles. The van der Waals surface area contributed by atoms with Crippen molar-refractivity contribution in [1.29, 1.82) is 0 Å². The first-order chi connectivity index (χ1) is 5.79. The highest BCUT2D eigenvalue weighted by Crippen LogP contribution is 2.17. The van der Waals surface area contributed by atoms with E-state index in [1.54, 1.807) is 14.0 Å². The van der Waals surface area contributed by atoms with Gasteiger partial charge in [-0.15, -0.1) is 0 Å². The largest absolute Gasteiger partial charge is 0.496 e. The van der Waals surface area contributed by atoms with Gasteiger partial charge in [-0.1, -0.05) is 17.3 Å². The minimum absolute atomic E-state index is 0.549. The normalized spacial score (nSPS) is 11.3. The number of rotatable bonds is 2. The van der Waals surface area contributed by atoms with Gasteiger partial charge < -0.3 is 9.94 Å². The molecule has 0 spiro atoms. The van der Waals surface area contributed by atoms with E-state index in [2.05, 4.69) is 5.16 Å². The lowest BCUT2D eigenvalue weighted by Gasteiger charge is -2.05. The standard InChI is InChI=1S/C9H11NO2/c1-7(10-11)8-5-3-4-6-9(8)12-2/h3-6,11H,1-2H3/b10-7-. The van der Waals surface area contributed by atoms with E-state index in [0.717, 1.165) is 5.56 Å². The fourth-order valence-corrected chi connectivity index (χ4v) is 0.997. The Balaban J connectivity index is 3.13. The van der Waals surface area contributed by atoms with Crippen LogP contribution in [0.5, 0.6) is 5.75 Å². The van der Waals surface area contributed by atoms with Crippen molar-refractivity contribution in [2.45, 2.75) is 6.92 Å². The van der Waals surface area contributed by atoms with E-state index in [9.17, 15) is 0 Å².